The zero-order chi connectivity index (χ0) is 14.8. The van der Waals surface area contributed by atoms with Crippen LogP contribution in [0.4, 0.5) is 5.82 Å². The molecule has 0 aliphatic rings. The second-order valence-corrected chi connectivity index (χ2v) is 5.28. The highest BCUT2D eigenvalue weighted by Crippen LogP contribution is 2.29. The van der Waals surface area contributed by atoms with Crippen LogP contribution in [0.2, 0.25) is 0 Å². The first-order valence-corrected chi connectivity index (χ1v) is 6.95. The van der Waals surface area contributed by atoms with E-state index < -0.39 is 0 Å². The number of nitrogens with one attached hydrogen (secondary N) is 2. The molecule has 3 aromatic rings. The maximum atomic E-state index is 11.1. The van der Waals surface area contributed by atoms with Gasteiger partial charge >= 0.3 is 0 Å². The van der Waals surface area contributed by atoms with Crippen LogP contribution >= 0.6 is 11.3 Å². The predicted molar refractivity (Wildman–Crippen MR) is 82.6 cm³/mol. The molecular weight excluding hydrogens is 285 g/mol. The number of H-pyrrole nitrogens is 1. The lowest BCUT2D eigenvalue weighted by Crippen LogP contribution is -2.07. The number of rotatable bonds is 3. The topological polar surface area (TPSA) is 83.6 Å². The number of aromatic amines is 1. The second kappa shape index (κ2) is 5.49. The standard InChI is InChI=1S/C13H10BN5OS/c1-7(20)18-9-6-8(2-3-15-9)13-19-11(14)10(21-13)12-16-4-5-17-12/h2-6H,1H3,(H,16,17)(H,15,18,20). The summed E-state index contributed by atoms with van der Waals surface area (Å²) in [6.45, 7) is 1.44. The van der Waals surface area contributed by atoms with Crippen molar-refractivity contribution < 1.29 is 4.79 Å². The van der Waals surface area contributed by atoms with E-state index in [1.54, 1.807) is 24.7 Å². The highest BCUT2D eigenvalue weighted by molar-refractivity contribution is 7.19. The number of anilines is 1. The van der Waals surface area contributed by atoms with Gasteiger partial charge in [-0.1, -0.05) is 0 Å². The van der Waals surface area contributed by atoms with Crippen molar-refractivity contribution in [2.75, 3.05) is 5.32 Å². The van der Waals surface area contributed by atoms with Crippen molar-refractivity contribution in [1.29, 1.82) is 0 Å². The van der Waals surface area contributed by atoms with Crippen LogP contribution < -0.4 is 10.9 Å². The van der Waals surface area contributed by atoms with Crippen LogP contribution in [0.25, 0.3) is 21.3 Å². The molecule has 0 fully saturated rings. The molecule has 21 heavy (non-hydrogen) atoms. The van der Waals surface area contributed by atoms with Gasteiger partial charge in [0.05, 0.1) is 4.88 Å². The van der Waals surface area contributed by atoms with Gasteiger partial charge in [0.15, 0.2) is 0 Å². The molecule has 3 rings (SSSR count). The van der Waals surface area contributed by atoms with Crippen LogP contribution in [-0.2, 0) is 4.79 Å². The van der Waals surface area contributed by atoms with Crippen LogP contribution in [0, 0.1) is 0 Å². The van der Waals surface area contributed by atoms with Crippen LogP contribution in [0.1, 0.15) is 6.92 Å². The molecule has 102 valence electrons. The predicted octanol–water partition coefficient (Wildman–Crippen LogP) is 1.35. The van der Waals surface area contributed by atoms with Gasteiger partial charge in [-0.05, 0) is 12.1 Å². The third-order valence-electron chi connectivity index (χ3n) is 2.68. The number of carbonyl (C=O) groups is 1. The molecule has 0 unspecified atom stereocenters. The number of carbonyl (C=O) groups excluding carboxylic acids is 1. The smallest absolute Gasteiger partial charge is 0.222 e. The van der Waals surface area contributed by atoms with Crippen molar-refractivity contribution in [2.45, 2.75) is 6.92 Å². The van der Waals surface area contributed by atoms with E-state index in [1.807, 2.05) is 6.07 Å². The number of pyridine rings is 1. The molecule has 3 aromatic heterocycles. The first-order chi connectivity index (χ1) is 10.1. The number of hydrogen-bond acceptors (Lipinski definition) is 5. The molecule has 0 spiro atoms. The summed E-state index contributed by atoms with van der Waals surface area (Å²) in [7, 11) is 5.94. The first kappa shape index (κ1) is 13.5. The third-order valence-corrected chi connectivity index (χ3v) is 3.80. The highest BCUT2D eigenvalue weighted by atomic mass is 32.1. The maximum Gasteiger partial charge on any atom is 0.222 e. The van der Waals surface area contributed by atoms with E-state index in [9.17, 15) is 4.79 Å². The largest absolute Gasteiger partial charge is 0.344 e. The Morgan fingerprint density at radius 2 is 2.24 bits per heavy atom. The summed E-state index contributed by atoms with van der Waals surface area (Å²) in [5.74, 6) is 0.996. The average Bonchev–Trinajstić information content (AvgIpc) is 3.07. The minimum Gasteiger partial charge on any atom is -0.344 e. The van der Waals surface area contributed by atoms with E-state index in [-0.39, 0.29) is 5.91 Å². The maximum absolute atomic E-state index is 11.1. The summed E-state index contributed by atoms with van der Waals surface area (Å²) >= 11 is 1.43. The van der Waals surface area contributed by atoms with Crippen molar-refractivity contribution in [3.05, 3.63) is 30.7 Å². The molecule has 0 saturated heterocycles. The quantitative estimate of drug-likeness (QED) is 0.714. The third kappa shape index (κ3) is 2.85. The zero-order valence-electron chi connectivity index (χ0n) is 11.1. The van der Waals surface area contributed by atoms with Gasteiger partial charge in [0.25, 0.3) is 0 Å². The number of aromatic nitrogens is 4. The van der Waals surface area contributed by atoms with Crippen molar-refractivity contribution >= 4 is 36.5 Å². The summed E-state index contributed by atoms with van der Waals surface area (Å²) in [5.41, 5.74) is 1.26. The van der Waals surface area contributed by atoms with Gasteiger partial charge in [-0.2, -0.15) is 0 Å². The van der Waals surface area contributed by atoms with Crippen LogP contribution in [0.15, 0.2) is 30.7 Å². The highest BCUT2D eigenvalue weighted by Gasteiger charge is 2.13. The Balaban J connectivity index is 1.98. The van der Waals surface area contributed by atoms with Gasteiger partial charge in [-0.25, -0.2) is 9.97 Å². The Morgan fingerprint density at radius 1 is 1.38 bits per heavy atom. The summed E-state index contributed by atoms with van der Waals surface area (Å²) in [5, 5.41) is 3.38. The Labute approximate surface area is 126 Å². The number of imidazole rings is 1. The van der Waals surface area contributed by atoms with E-state index >= 15 is 0 Å². The lowest BCUT2D eigenvalue weighted by atomic mass is 10.0. The molecule has 8 heteroatoms. The van der Waals surface area contributed by atoms with Gasteiger partial charge in [0, 0.05) is 36.7 Å². The van der Waals surface area contributed by atoms with Crippen LogP contribution in [0.3, 0.4) is 0 Å². The molecule has 6 nitrogen and oxygen atoms in total. The summed E-state index contributed by atoms with van der Waals surface area (Å²) in [4.78, 5) is 27.5. The number of hydrogen-bond donors (Lipinski definition) is 2. The van der Waals surface area contributed by atoms with Crippen molar-refractivity contribution in [3.8, 4) is 21.3 Å². The molecule has 0 aliphatic heterocycles. The van der Waals surface area contributed by atoms with E-state index in [4.69, 9.17) is 7.85 Å². The van der Waals surface area contributed by atoms with Crippen LogP contribution in [0.5, 0.6) is 0 Å². The molecule has 0 bridgehead atoms. The van der Waals surface area contributed by atoms with Crippen molar-refractivity contribution in [2.24, 2.45) is 0 Å². The molecule has 3 heterocycles. The van der Waals surface area contributed by atoms with Gasteiger partial charge in [0.2, 0.25) is 5.91 Å². The molecule has 0 aliphatic carbocycles. The lowest BCUT2D eigenvalue weighted by Gasteiger charge is -2.02. The monoisotopic (exact) mass is 295 g/mol. The van der Waals surface area contributed by atoms with Crippen molar-refractivity contribution in [3.63, 3.8) is 0 Å². The first-order valence-electron chi connectivity index (χ1n) is 6.13. The Bertz CT molecular complexity index is 784. The van der Waals surface area contributed by atoms with E-state index in [0.29, 0.717) is 17.2 Å². The summed E-state index contributed by atoms with van der Waals surface area (Å²) in [6.07, 6.45) is 5.01. The number of amides is 1. The summed E-state index contributed by atoms with van der Waals surface area (Å²) in [6, 6.07) is 3.57. The van der Waals surface area contributed by atoms with E-state index in [1.165, 1.54) is 18.3 Å². The molecule has 0 aromatic carbocycles. The number of thiazole rings is 1. The second-order valence-electron chi connectivity index (χ2n) is 4.28. The Morgan fingerprint density at radius 3 is 2.95 bits per heavy atom. The SMILES string of the molecule is [B]c1nc(-c2ccnc(NC(C)=O)c2)sc1-c1ncc[nH]1. The molecule has 2 radical (unpaired) electrons. The van der Waals surface area contributed by atoms with E-state index in [2.05, 4.69) is 25.3 Å². The Hall–Kier alpha value is -2.48. The summed E-state index contributed by atoms with van der Waals surface area (Å²) < 4.78 is 0. The molecular formula is C13H10BN5OS. The minimum absolute atomic E-state index is 0.172. The fraction of sp³-hybridized carbons (Fsp3) is 0.0769. The van der Waals surface area contributed by atoms with Crippen LogP contribution in [-0.4, -0.2) is 33.7 Å². The lowest BCUT2D eigenvalue weighted by molar-refractivity contribution is -0.114. The molecule has 0 saturated carbocycles. The normalized spacial score (nSPS) is 10.5. The van der Waals surface area contributed by atoms with Crippen molar-refractivity contribution in [1.82, 2.24) is 19.9 Å². The number of nitrogens with zero attached hydrogens (tertiary/aromatic N) is 3. The fourth-order valence-electron chi connectivity index (χ4n) is 1.83. The zero-order valence-corrected chi connectivity index (χ0v) is 11.9. The molecule has 0 atom stereocenters. The van der Waals surface area contributed by atoms with Gasteiger partial charge in [0.1, 0.15) is 24.5 Å². The fourth-order valence-corrected chi connectivity index (χ4v) is 2.77. The Kier molecular flexibility index (Phi) is 3.53. The minimum atomic E-state index is -0.172. The average molecular weight is 295 g/mol. The molecule has 1 amide bonds. The van der Waals surface area contributed by atoms with Gasteiger partial charge < -0.3 is 10.3 Å². The van der Waals surface area contributed by atoms with Gasteiger partial charge in [-0.15, -0.1) is 11.3 Å². The molecule has 2 N–H and O–H groups in total. The van der Waals surface area contributed by atoms with E-state index in [0.717, 1.165) is 15.4 Å². The van der Waals surface area contributed by atoms with Gasteiger partial charge in [-0.3, -0.25) is 9.78 Å².